The first-order valence-electron chi connectivity index (χ1n) is 6.04. The molecule has 1 saturated carbocycles. The van der Waals surface area contributed by atoms with E-state index in [2.05, 4.69) is 10.2 Å². The summed E-state index contributed by atoms with van der Waals surface area (Å²) in [5.74, 6) is 0.158. The molecule has 2 rings (SSSR count). The van der Waals surface area contributed by atoms with E-state index in [1.165, 1.54) is 12.8 Å². The molecule has 0 aromatic carbocycles. The molecular formula is C11H21N3O. The first-order chi connectivity index (χ1) is 7.27. The van der Waals surface area contributed by atoms with Gasteiger partial charge in [0.1, 0.15) is 0 Å². The van der Waals surface area contributed by atoms with Crippen molar-refractivity contribution in [1.82, 2.24) is 10.2 Å². The van der Waals surface area contributed by atoms with E-state index in [-0.39, 0.29) is 11.9 Å². The average Bonchev–Trinajstić information content (AvgIpc) is 2.43. The topological polar surface area (TPSA) is 58.4 Å². The quantitative estimate of drug-likeness (QED) is 0.645. The summed E-state index contributed by atoms with van der Waals surface area (Å²) in [4.78, 5) is 13.7. The van der Waals surface area contributed by atoms with Crippen molar-refractivity contribution in [2.75, 3.05) is 19.6 Å². The molecule has 0 spiro atoms. The highest BCUT2D eigenvalue weighted by atomic mass is 16.2. The molecule has 1 heterocycles. The Bertz CT molecular complexity index is 232. The number of hydrogen-bond acceptors (Lipinski definition) is 3. The Labute approximate surface area is 91.2 Å². The molecule has 2 unspecified atom stereocenters. The van der Waals surface area contributed by atoms with E-state index < -0.39 is 0 Å². The third-order valence-electron chi connectivity index (χ3n) is 3.54. The summed E-state index contributed by atoms with van der Waals surface area (Å²) in [6.45, 7) is 2.37. The van der Waals surface area contributed by atoms with Crippen molar-refractivity contribution >= 4 is 5.91 Å². The van der Waals surface area contributed by atoms with Gasteiger partial charge in [-0.25, -0.2) is 0 Å². The molecule has 1 aliphatic carbocycles. The first kappa shape index (κ1) is 10.9. The zero-order valence-electron chi connectivity index (χ0n) is 9.24. The molecule has 1 amide bonds. The summed E-state index contributed by atoms with van der Waals surface area (Å²) in [5, 5.41) is 2.91. The second-order valence-electron chi connectivity index (χ2n) is 4.69. The molecule has 0 aromatic rings. The summed E-state index contributed by atoms with van der Waals surface area (Å²) in [6.07, 6.45) is 5.83. The largest absolute Gasteiger partial charge is 0.355 e. The molecule has 1 aliphatic heterocycles. The Morgan fingerprint density at radius 2 is 2.07 bits per heavy atom. The molecular weight excluding hydrogens is 190 g/mol. The summed E-state index contributed by atoms with van der Waals surface area (Å²) in [6, 6.07) is 0.701. The minimum absolute atomic E-state index is 0.158. The third-order valence-corrected chi connectivity index (χ3v) is 3.54. The zero-order valence-corrected chi connectivity index (χ0v) is 9.24. The number of carbonyl (C=O) groups is 1. The van der Waals surface area contributed by atoms with Gasteiger partial charge in [0.15, 0.2) is 0 Å². The van der Waals surface area contributed by atoms with Crippen molar-refractivity contribution in [2.45, 2.75) is 44.2 Å². The molecule has 15 heavy (non-hydrogen) atoms. The molecule has 2 atom stereocenters. The Balaban J connectivity index is 1.97. The number of carbonyl (C=O) groups excluding carboxylic acids is 1. The smallest absolute Gasteiger partial charge is 0.234 e. The van der Waals surface area contributed by atoms with Gasteiger partial charge in [-0.3, -0.25) is 9.69 Å². The predicted molar refractivity (Wildman–Crippen MR) is 59.4 cm³/mol. The number of nitrogens with two attached hydrogens (primary N) is 1. The molecule has 0 aromatic heterocycles. The second-order valence-corrected chi connectivity index (χ2v) is 4.69. The SMILES string of the molecule is NC1CCCCC1N1CCCNC(=O)C1. The lowest BCUT2D eigenvalue weighted by atomic mass is 9.89. The maximum absolute atomic E-state index is 11.4. The van der Waals surface area contributed by atoms with Crippen LogP contribution in [0.4, 0.5) is 0 Å². The van der Waals surface area contributed by atoms with Gasteiger partial charge in [-0.2, -0.15) is 0 Å². The zero-order chi connectivity index (χ0) is 10.7. The van der Waals surface area contributed by atoms with Crippen LogP contribution in [0.25, 0.3) is 0 Å². The minimum Gasteiger partial charge on any atom is -0.355 e. The van der Waals surface area contributed by atoms with Crippen LogP contribution in [0.15, 0.2) is 0 Å². The Morgan fingerprint density at radius 3 is 2.87 bits per heavy atom. The molecule has 2 aliphatic rings. The molecule has 0 radical (unpaired) electrons. The Morgan fingerprint density at radius 1 is 1.27 bits per heavy atom. The highest BCUT2D eigenvalue weighted by molar-refractivity contribution is 5.78. The average molecular weight is 211 g/mol. The van der Waals surface area contributed by atoms with Gasteiger partial charge in [-0.1, -0.05) is 12.8 Å². The third kappa shape index (κ3) is 2.69. The molecule has 4 nitrogen and oxygen atoms in total. The van der Waals surface area contributed by atoms with Crippen LogP contribution in [0.3, 0.4) is 0 Å². The van der Waals surface area contributed by atoms with Crippen LogP contribution < -0.4 is 11.1 Å². The fraction of sp³-hybridized carbons (Fsp3) is 0.909. The van der Waals surface area contributed by atoms with Crippen molar-refractivity contribution in [3.63, 3.8) is 0 Å². The van der Waals surface area contributed by atoms with E-state index in [1.54, 1.807) is 0 Å². The van der Waals surface area contributed by atoms with Crippen molar-refractivity contribution < 1.29 is 4.79 Å². The van der Waals surface area contributed by atoms with Crippen molar-refractivity contribution in [3.8, 4) is 0 Å². The normalized spacial score (nSPS) is 34.6. The summed E-state index contributed by atoms with van der Waals surface area (Å²) in [5.41, 5.74) is 6.13. The van der Waals surface area contributed by atoms with Gasteiger partial charge in [0.05, 0.1) is 6.54 Å². The van der Waals surface area contributed by atoms with E-state index in [1.807, 2.05) is 0 Å². The van der Waals surface area contributed by atoms with Gasteiger partial charge in [0.25, 0.3) is 0 Å². The van der Waals surface area contributed by atoms with Crippen molar-refractivity contribution in [2.24, 2.45) is 5.73 Å². The van der Waals surface area contributed by atoms with Crippen LogP contribution >= 0.6 is 0 Å². The molecule has 2 fully saturated rings. The maximum atomic E-state index is 11.4. The fourth-order valence-electron chi connectivity index (χ4n) is 2.71. The van der Waals surface area contributed by atoms with E-state index in [9.17, 15) is 4.79 Å². The van der Waals surface area contributed by atoms with Crippen LogP contribution in [0, 0.1) is 0 Å². The maximum Gasteiger partial charge on any atom is 0.234 e. The lowest BCUT2D eigenvalue weighted by Crippen LogP contribution is -2.51. The monoisotopic (exact) mass is 211 g/mol. The van der Waals surface area contributed by atoms with E-state index >= 15 is 0 Å². The summed E-state index contributed by atoms with van der Waals surface area (Å²) < 4.78 is 0. The van der Waals surface area contributed by atoms with Crippen LogP contribution in [-0.2, 0) is 4.79 Å². The van der Waals surface area contributed by atoms with Gasteiger partial charge in [-0.15, -0.1) is 0 Å². The molecule has 3 N–H and O–H groups in total. The van der Waals surface area contributed by atoms with Gasteiger partial charge >= 0.3 is 0 Å². The Hall–Kier alpha value is -0.610. The molecule has 4 heteroatoms. The van der Waals surface area contributed by atoms with Crippen LogP contribution in [0.2, 0.25) is 0 Å². The number of amides is 1. The minimum atomic E-state index is 0.158. The lowest BCUT2D eigenvalue weighted by molar-refractivity contribution is -0.122. The van der Waals surface area contributed by atoms with E-state index in [4.69, 9.17) is 5.73 Å². The van der Waals surface area contributed by atoms with Gasteiger partial charge in [0, 0.05) is 25.2 Å². The van der Waals surface area contributed by atoms with Gasteiger partial charge in [-0.05, 0) is 19.3 Å². The molecule has 0 bridgehead atoms. The Kier molecular flexibility index (Phi) is 3.59. The molecule has 86 valence electrons. The highest BCUT2D eigenvalue weighted by Gasteiger charge is 2.29. The van der Waals surface area contributed by atoms with Crippen molar-refractivity contribution in [3.05, 3.63) is 0 Å². The van der Waals surface area contributed by atoms with Crippen LogP contribution in [-0.4, -0.2) is 42.5 Å². The van der Waals surface area contributed by atoms with Crippen LogP contribution in [0.5, 0.6) is 0 Å². The first-order valence-corrected chi connectivity index (χ1v) is 6.04. The number of hydrogen-bond donors (Lipinski definition) is 2. The number of rotatable bonds is 1. The van der Waals surface area contributed by atoms with Crippen molar-refractivity contribution in [1.29, 1.82) is 0 Å². The van der Waals surface area contributed by atoms with Crippen LogP contribution in [0.1, 0.15) is 32.1 Å². The van der Waals surface area contributed by atoms with Gasteiger partial charge < -0.3 is 11.1 Å². The van der Waals surface area contributed by atoms with E-state index in [0.29, 0.717) is 12.6 Å². The predicted octanol–water partition coefficient (Wildman–Crippen LogP) is 0.0782. The number of nitrogens with zero attached hydrogens (tertiary/aromatic N) is 1. The van der Waals surface area contributed by atoms with E-state index in [0.717, 1.165) is 32.4 Å². The molecule has 1 saturated heterocycles. The standard InChI is InChI=1S/C11H21N3O/c12-9-4-1-2-5-10(9)14-7-3-6-13-11(15)8-14/h9-10H,1-8,12H2,(H,13,15). The fourth-order valence-corrected chi connectivity index (χ4v) is 2.71. The summed E-state index contributed by atoms with van der Waals surface area (Å²) in [7, 11) is 0. The highest BCUT2D eigenvalue weighted by Crippen LogP contribution is 2.22. The number of nitrogens with one attached hydrogen (secondary N) is 1. The second kappa shape index (κ2) is 4.94. The lowest BCUT2D eigenvalue weighted by Gasteiger charge is -2.37. The summed E-state index contributed by atoms with van der Waals surface area (Å²) >= 11 is 0. The van der Waals surface area contributed by atoms with Gasteiger partial charge in [0.2, 0.25) is 5.91 Å².